The van der Waals surface area contributed by atoms with Gasteiger partial charge in [-0.05, 0) is 12.8 Å². The fourth-order valence-corrected chi connectivity index (χ4v) is 2.08. The molecule has 0 saturated carbocycles. The predicted octanol–water partition coefficient (Wildman–Crippen LogP) is 0.916. The summed E-state index contributed by atoms with van der Waals surface area (Å²) >= 11 is 0. The third kappa shape index (κ3) is 2.28. The van der Waals surface area contributed by atoms with E-state index in [1.165, 1.54) is 25.2 Å². The summed E-state index contributed by atoms with van der Waals surface area (Å²) in [6, 6.07) is 0. The Balaban J connectivity index is 1.92. The Bertz CT molecular complexity index is 197. The first-order chi connectivity index (χ1) is 6.36. The van der Waals surface area contributed by atoms with Crippen molar-refractivity contribution in [3.63, 3.8) is 0 Å². The van der Waals surface area contributed by atoms with E-state index in [4.69, 9.17) is 7.85 Å². The van der Waals surface area contributed by atoms with Gasteiger partial charge in [0, 0.05) is 31.9 Å². The predicted molar refractivity (Wildman–Crippen MR) is 55.9 cm³/mol. The maximum atomic E-state index is 5.85. The maximum Gasteiger partial charge on any atom is 0.0703 e. The van der Waals surface area contributed by atoms with Gasteiger partial charge in [0.05, 0.1) is 7.85 Å². The fourth-order valence-electron chi connectivity index (χ4n) is 2.08. The molecule has 2 rings (SSSR count). The largest absolute Gasteiger partial charge is 0.373 e. The van der Waals surface area contributed by atoms with Crippen molar-refractivity contribution in [2.75, 3.05) is 26.2 Å². The Kier molecular flexibility index (Phi) is 2.94. The Morgan fingerprint density at radius 3 is 2.77 bits per heavy atom. The summed E-state index contributed by atoms with van der Waals surface area (Å²) in [7, 11) is 5.85. The molecule has 3 heteroatoms. The van der Waals surface area contributed by atoms with Crippen LogP contribution >= 0.6 is 0 Å². The molecule has 1 fully saturated rings. The first kappa shape index (κ1) is 9.13. The van der Waals surface area contributed by atoms with E-state index in [1.54, 1.807) is 0 Å². The number of hydrogen-bond donors (Lipinski definition) is 1. The molecule has 0 aromatic rings. The van der Waals surface area contributed by atoms with Crippen molar-refractivity contribution in [3.8, 4) is 0 Å². The van der Waals surface area contributed by atoms with Gasteiger partial charge in [-0.3, -0.25) is 0 Å². The number of nitrogens with zero attached hydrogens (tertiary/aromatic N) is 1. The van der Waals surface area contributed by atoms with Gasteiger partial charge in [0.25, 0.3) is 0 Å². The average Bonchev–Trinajstić information content (AvgIpc) is 2.20. The van der Waals surface area contributed by atoms with Gasteiger partial charge in [-0.25, -0.2) is 0 Å². The number of allylic oxidation sites excluding steroid dienone is 2. The second-order valence-corrected chi connectivity index (χ2v) is 3.97. The minimum Gasteiger partial charge on any atom is -0.373 e. The monoisotopic (exact) mass is 176 g/mol. The topological polar surface area (TPSA) is 15.3 Å². The summed E-state index contributed by atoms with van der Waals surface area (Å²) in [5.41, 5.74) is 1.53. The van der Waals surface area contributed by atoms with Crippen molar-refractivity contribution in [1.82, 2.24) is 10.2 Å². The minimum absolute atomic E-state index is 0.409. The molecule has 2 aliphatic rings. The van der Waals surface area contributed by atoms with Crippen molar-refractivity contribution in [2.24, 2.45) is 0 Å². The summed E-state index contributed by atoms with van der Waals surface area (Å²) in [5, 5.41) is 3.37. The Morgan fingerprint density at radius 1 is 1.38 bits per heavy atom. The van der Waals surface area contributed by atoms with Crippen LogP contribution in [0.4, 0.5) is 0 Å². The second-order valence-electron chi connectivity index (χ2n) is 3.97. The molecule has 1 saturated heterocycles. The van der Waals surface area contributed by atoms with Crippen molar-refractivity contribution in [1.29, 1.82) is 0 Å². The van der Waals surface area contributed by atoms with Gasteiger partial charge in [-0.15, -0.1) is 0 Å². The van der Waals surface area contributed by atoms with Crippen molar-refractivity contribution in [3.05, 3.63) is 11.8 Å². The van der Waals surface area contributed by atoms with Gasteiger partial charge in [0.15, 0.2) is 0 Å². The normalized spacial score (nSPS) is 30.0. The standard InChI is InChI=1S/C10H17BN2/c11-9-1-3-10(4-2-9)13-7-5-12-6-8-13/h3,9,12H,1-2,4-8H2. The van der Waals surface area contributed by atoms with Crippen LogP contribution in [0.2, 0.25) is 5.82 Å². The fraction of sp³-hybridized carbons (Fsp3) is 0.800. The average molecular weight is 176 g/mol. The number of nitrogens with one attached hydrogen (secondary N) is 1. The zero-order chi connectivity index (χ0) is 9.10. The van der Waals surface area contributed by atoms with E-state index in [1.807, 2.05) is 0 Å². The molecule has 2 radical (unpaired) electrons. The molecule has 0 spiro atoms. The van der Waals surface area contributed by atoms with Crippen LogP contribution in [0.1, 0.15) is 19.3 Å². The van der Waals surface area contributed by atoms with Crippen LogP contribution in [-0.4, -0.2) is 38.9 Å². The molecule has 0 bridgehead atoms. The second kappa shape index (κ2) is 4.18. The smallest absolute Gasteiger partial charge is 0.0703 e. The van der Waals surface area contributed by atoms with Gasteiger partial charge < -0.3 is 10.2 Å². The highest BCUT2D eigenvalue weighted by molar-refractivity contribution is 6.11. The lowest BCUT2D eigenvalue weighted by Gasteiger charge is -2.34. The molecule has 2 nitrogen and oxygen atoms in total. The summed E-state index contributed by atoms with van der Waals surface area (Å²) in [6.45, 7) is 4.59. The third-order valence-electron chi connectivity index (χ3n) is 2.95. The molecular formula is C10H17BN2. The van der Waals surface area contributed by atoms with Crippen LogP contribution in [0.15, 0.2) is 11.8 Å². The molecule has 1 unspecified atom stereocenters. The zero-order valence-corrected chi connectivity index (χ0v) is 8.13. The van der Waals surface area contributed by atoms with Crippen LogP contribution in [-0.2, 0) is 0 Å². The van der Waals surface area contributed by atoms with Crippen molar-refractivity contribution in [2.45, 2.75) is 25.1 Å². The first-order valence-corrected chi connectivity index (χ1v) is 5.26. The molecule has 1 aliphatic heterocycles. The van der Waals surface area contributed by atoms with E-state index >= 15 is 0 Å². The van der Waals surface area contributed by atoms with Crippen LogP contribution in [0.25, 0.3) is 0 Å². The van der Waals surface area contributed by atoms with Gasteiger partial charge >= 0.3 is 0 Å². The van der Waals surface area contributed by atoms with Crippen LogP contribution < -0.4 is 5.32 Å². The number of hydrogen-bond acceptors (Lipinski definition) is 2. The lowest BCUT2D eigenvalue weighted by molar-refractivity contribution is 0.283. The lowest BCUT2D eigenvalue weighted by Crippen LogP contribution is -2.43. The van der Waals surface area contributed by atoms with Gasteiger partial charge in [0.2, 0.25) is 0 Å². The van der Waals surface area contributed by atoms with Crippen LogP contribution in [0.3, 0.4) is 0 Å². The summed E-state index contributed by atoms with van der Waals surface area (Å²) in [5.74, 6) is 0.409. The minimum atomic E-state index is 0.409. The number of piperazine rings is 1. The van der Waals surface area contributed by atoms with E-state index in [0.29, 0.717) is 5.82 Å². The Hall–Kier alpha value is -0.435. The molecule has 0 amide bonds. The van der Waals surface area contributed by atoms with E-state index in [2.05, 4.69) is 16.3 Å². The van der Waals surface area contributed by atoms with E-state index in [0.717, 1.165) is 25.9 Å². The molecule has 1 aliphatic carbocycles. The molecule has 0 aromatic carbocycles. The Labute approximate surface area is 81.8 Å². The van der Waals surface area contributed by atoms with Crippen molar-refractivity contribution >= 4 is 7.85 Å². The molecular weight excluding hydrogens is 159 g/mol. The summed E-state index contributed by atoms with van der Waals surface area (Å²) in [6.07, 6.45) is 5.75. The van der Waals surface area contributed by atoms with E-state index in [-0.39, 0.29) is 0 Å². The lowest BCUT2D eigenvalue weighted by atomic mass is 9.77. The summed E-state index contributed by atoms with van der Waals surface area (Å²) in [4.78, 5) is 2.50. The quantitative estimate of drug-likeness (QED) is 0.597. The third-order valence-corrected chi connectivity index (χ3v) is 2.95. The molecule has 70 valence electrons. The van der Waals surface area contributed by atoms with E-state index < -0.39 is 0 Å². The van der Waals surface area contributed by atoms with Crippen LogP contribution in [0.5, 0.6) is 0 Å². The number of rotatable bonds is 1. The summed E-state index contributed by atoms with van der Waals surface area (Å²) < 4.78 is 0. The van der Waals surface area contributed by atoms with E-state index in [9.17, 15) is 0 Å². The zero-order valence-electron chi connectivity index (χ0n) is 8.13. The first-order valence-electron chi connectivity index (χ1n) is 5.26. The Morgan fingerprint density at radius 2 is 2.15 bits per heavy atom. The van der Waals surface area contributed by atoms with Gasteiger partial charge in [-0.1, -0.05) is 18.3 Å². The maximum absolute atomic E-state index is 5.85. The molecule has 0 aromatic heterocycles. The highest BCUT2D eigenvalue weighted by Gasteiger charge is 2.16. The molecule has 13 heavy (non-hydrogen) atoms. The highest BCUT2D eigenvalue weighted by atomic mass is 15.2. The van der Waals surface area contributed by atoms with Gasteiger partial charge in [-0.2, -0.15) is 0 Å². The van der Waals surface area contributed by atoms with Crippen molar-refractivity contribution < 1.29 is 0 Å². The highest BCUT2D eigenvalue weighted by Crippen LogP contribution is 2.27. The molecule has 1 heterocycles. The SMILES string of the molecule is [B]C1CC=C(N2CCNCC2)CC1. The van der Waals surface area contributed by atoms with Gasteiger partial charge in [0.1, 0.15) is 0 Å². The molecule has 1 N–H and O–H groups in total. The molecule has 1 atom stereocenters. The van der Waals surface area contributed by atoms with Crippen LogP contribution in [0, 0.1) is 0 Å².